The van der Waals surface area contributed by atoms with Gasteiger partial charge in [-0.3, -0.25) is 9.59 Å². The molecule has 2 aromatic rings. The van der Waals surface area contributed by atoms with Crippen LogP contribution in [-0.2, 0) is 9.59 Å². The van der Waals surface area contributed by atoms with Crippen molar-refractivity contribution in [3.63, 3.8) is 0 Å². The molecule has 1 amide bonds. The molecule has 152 valence electrons. The summed E-state index contributed by atoms with van der Waals surface area (Å²) < 4.78 is 1.06. The van der Waals surface area contributed by atoms with Crippen LogP contribution in [0.3, 0.4) is 0 Å². The van der Waals surface area contributed by atoms with Crippen molar-refractivity contribution in [1.82, 2.24) is 9.80 Å². The number of likely N-dealkylation sites (N-methyl/N-ethyl adjacent to an activating group) is 1. The van der Waals surface area contributed by atoms with E-state index in [9.17, 15) is 14.7 Å². The lowest BCUT2D eigenvalue weighted by Gasteiger charge is -2.26. The summed E-state index contributed by atoms with van der Waals surface area (Å²) in [5, 5.41) is 11.2. The smallest absolute Gasteiger partial charge is 0.295 e. The Hall–Kier alpha value is -2.19. The second-order valence-electron chi connectivity index (χ2n) is 7.67. The molecule has 0 saturated carbocycles. The summed E-state index contributed by atoms with van der Waals surface area (Å²) in [6.45, 7) is 4.84. The molecule has 1 aliphatic rings. The Balaban J connectivity index is 2.19. The van der Waals surface area contributed by atoms with Crippen molar-refractivity contribution < 1.29 is 14.7 Å². The lowest BCUT2D eigenvalue weighted by Crippen LogP contribution is -2.35. The molecule has 1 unspecified atom stereocenters. The van der Waals surface area contributed by atoms with E-state index in [4.69, 9.17) is 0 Å². The van der Waals surface area contributed by atoms with Crippen LogP contribution in [-0.4, -0.2) is 53.8 Å². The largest absolute Gasteiger partial charge is 0.507 e. The first-order valence-corrected chi connectivity index (χ1v) is 10.5. The highest BCUT2D eigenvalue weighted by Gasteiger charge is 2.45. The first kappa shape index (κ1) is 21.5. The molecular formula is C23H25IN2O3. The minimum atomic E-state index is -0.634. The predicted octanol–water partition coefficient (Wildman–Crippen LogP) is 3.89. The Morgan fingerprint density at radius 2 is 1.76 bits per heavy atom. The molecule has 29 heavy (non-hydrogen) atoms. The topological polar surface area (TPSA) is 60.9 Å². The zero-order chi connectivity index (χ0) is 21.3. The summed E-state index contributed by atoms with van der Waals surface area (Å²) >= 11 is 2.22. The number of carbonyl (C=O) groups is 2. The van der Waals surface area contributed by atoms with E-state index in [1.165, 1.54) is 0 Å². The lowest BCUT2D eigenvalue weighted by molar-refractivity contribution is -0.140. The maximum Gasteiger partial charge on any atom is 0.295 e. The normalized spacial score (nSPS) is 18.7. The number of rotatable bonds is 5. The van der Waals surface area contributed by atoms with Crippen LogP contribution in [0.25, 0.3) is 5.76 Å². The second kappa shape index (κ2) is 8.67. The van der Waals surface area contributed by atoms with Crippen LogP contribution in [0.4, 0.5) is 0 Å². The van der Waals surface area contributed by atoms with Gasteiger partial charge in [0.05, 0.1) is 11.6 Å². The van der Waals surface area contributed by atoms with E-state index in [-0.39, 0.29) is 11.3 Å². The average molecular weight is 504 g/mol. The summed E-state index contributed by atoms with van der Waals surface area (Å²) in [6.07, 6.45) is 0. The summed E-state index contributed by atoms with van der Waals surface area (Å²) in [7, 11) is 3.85. The van der Waals surface area contributed by atoms with Crippen LogP contribution in [0.5, 0.6) is 0 Å². The number of ketones is 1. The van der Waals surface area contributed by atoms with E-state index in [0.717, 1.165) is 20.3 Å². The number of carbonyl (C=O) groups excluding carboxylic acids is 2. The molecule has 0 bridgehead atoms. The molecule has 1 heterocycles. The molecule has 1 fully saturated rings. The standard InChI is InChI=1S/C23H25IN2O3/c1-14-5-6-15(2)18(13-14)21(27)19-20(16-7-9-17(24)10-8-16)26(12-11-25(3)4)23(29)22(19)28/h5-10,13,20,27H,11-12H2,1-4H3. The quantitative estimate of drug-likeness (QED) is 0.291. The van der Waals surface area contributed by atoms with E-state index in [0.29, 0.717) is 18.7 Å². The van der Waals surface area contributed by atoms with Crippen molar-refractivity contribution in [2.24, 2.45) is 0 Å². The molecule has 1 atom stereocenters. The van der Waals surface area contributed by atoms with Gasteiger partial charge in [-0.15, -0.1) is 0 Å². The van der Waals surface area contributed by atoms with Crippen molar-refractivity contribution >= 4 is 40.0 Å². The van der Waals surface area contributed by atoms with Crippen molar-refractivity contribution in [3.05, 3.63) is 73.9 Å². The fourth-order valence-corrected chi connectivity index (χ4v) is 3.91. The number of hydrogen-bond acceptors (Lipinski definition) is 4. The van der Waals surface area contributed by atoms with Gasteiger partial charge in [0.15, 0.2) is 0 Å². The number of hydrogen-bond donors (Lipinski definition) is 1. The third-order valence-corrected chi connectivity index (χ3v) is 5.88. The van der Waals surface area contributed by atoms with Crippen LogP contribution >= 0.6 is 22.6 Å². The van der Waals surface area contributed by atoms with Crippen LogP contribution in [0.15, 0.2) is 48.0 Å². The second-order valence-corrected chi connectivity index (χ2v) is 8.91. The van der Waals surface area contributed by atoms with Gasteiger partial charge in [-0.1, -0.05) is 29.8 Å². The third kappa shape index (κ3) is 4.38. The first-order chi connectivity index (χ1) is 13.7. The number of aryl methyl sites for hydroxylation is 2. The van der Waals surface area contributed by atoms with Crippen molar-refractivity contribution in [1.29, 1.82) is 0 Å². The van der Waals surface area contributed by atoms with Crippen molar-refractivity contribution in [3.8, 4) is 0 Å². The molecule has 1 aliphatic heterocycles. The Labute approximate surface area is 185 Å². The minimum Gasteiger partial charge on any atom is -0.507 e. The van der Waals surface area contributed by atoms with Gasteiger partial charge in [-0.25, -0.2) is 0 Å². The fourth-order valence-electron chi connectivity index (χ4n) is 3.55. The SMILES string of the molecule is Cc1ccc(C)c(C(O)=C2C(=O)C(=O)N(CCN(C)C)C2c2ccc(I)cc2)c1. The van der Waals surface area contributed by atoms with Crippen LogP contribution in [0.2, 0.25) is 0 Å². The van der Waals surface area contributed by atoms with Gasteiger partial charge >= 0.3 is 0 Å². The van der Waals surface area contributed by atoms with E-state index < -0.39 is 17.7 Å². The lowest BCUT2D eigenvalue weighted by atomic mass is 9.93. The fraction of sp³-hybridized carbons (Fsp3) is 0.304. The van der Waals surface area contributed by atoms with Gasteiger partial charge in [0.1, 0.15) is 5.76 Å². The van der Waals surface area contributed by atoms with E-state index >= 15 is 0 Å². The first-order valence-electron chi connectivity index (χ1n) is 9.47. The molecule has 1 saturated heterocycles. The number of benzene rings is 2. The van der Waals surface area contributed by atoms with Crippen molar-refractivity contribution in [2.75, 3.05) is 27.2 Å². The predicted molar refractivity (Wildman–Crippen MR) is 123 cm³/mol. The average Bonchev–Trinajstić information content (AvgIpc) is 2.93. The van der Waals surface area contributed by atoms with Crippen molar-refractivity contribution in [2.45, 2.75) is 19.9 Å². The highest BCUT2D eigenvalue weighted by atomic mass is 127. The van der Waals surface area contributed by atoms with Gasteiger partial charge in [0.25, 0.3) is 11.7 Å². The molecule has 0 spiro atoms. The highest BCUT2D eigenvalue weighted by molar-refractivity contribution is 14.1. The van der Waals surface area contributed by atoms with E-state index in [1.54, 1.807) is 4.90 Å². The molecule has 6 heteroatoms. The van der Waals surface area contributed by atoms with Crippen LogP contribution < -0.4 is 0 Å². The van der Waals surface area contributed by atoms with Crippen LogP contribution in [0, 0.1) is 17.4 Å². The summed E-state index contributed by atoms with van der Waals surface area (Å²) in [5.74, 6) is -1.31. The number of Topliss-reactive ketones (excluding diaryl/α,β-unsaturated/α-hetero) is 1. The minimum absolute atomic E-state index is 0.111. The van der Waals surface area contributed by atoms with Gasteiger partial charge < -0.3 is 14.9 Å². The van der Waals surface area contributed by atoms with Gasteiger partial charge in [0.2, 0.25) is 0 Å². The zero-order valence-electron chi connectivity index (χ0n) is 17.1. The van der Waals surface area contributed by atoms with E-state index in [1.807, 2.05) is 75.3 Å². The van der Waals surface area contributed by atoms with Gasteiger partial charge in [-0.05, 0) is 79.9 Å². The molecule has 1 N–H and O–H groups in total. The van der Waals surface area contributed by atoms with E-state index in [2.05, 4.69) is 22.6 Å². The Kier molecular flexibility index (Phi) is 6.43. The summed E-state index contributed by atoms with van der Waals surface area (Å²) in [5.41, 5.74) is 3.39. The maximum absolute atomic E-state index is 13.0. The maximum atomic E-state index is 13.0. The highest BCUT2D eigenvalue weighted by Crippen LogP contribution is 2.39. The van der Waals surface area contributed by atoms with Gasteiger partial charge in [0, 0.05) is 22.2 Å². The molecule has 3 rings (SSSR count). The number of aliphatic hydroxyl groups excluding tert-OH is 1. The third-order valence-electron chi connectivity index (χ3n) is 5.16. The molecule has 0 radical (unpaired) electrons. The summed E-state index contributed by atoms with van der Waals surface area (Å²) in [6, 6.07) is 12.8. The molecule has 2 aromatic carbocycles. The number of likely N-dealkylation sites (tertiary alicyclic amines) is 1. The number of halogens is 1. The molecule has 0 aromatic heterocycles. The summed E-state index contributed by atoms with van der Waals surface area (Å²) in [4.78, 5) is 29.4. The number of amides is 1. The Bertz CT molecular complexity index is 980. The van der Waals surface area contributed by atoms with Crippen LogP contribution in [0.1, 0.15) is 28.3 Å². The van der Waals surface area contributed by atoms with Gasteiger partial charge in [-0.2, -0.15) is 0 Å². The number of aliphatic hydroxyl groups is 1. The molecule has 0 aliphatic carbocycles. The Morgan fingerprint density at radius 3 is 2.38 bits per heavy atom. The molecular weight excluding hydrogens is 479 g/mol. The zero-order valence-corrected chi connectivity index (χ0v) is 19.2. The Morgan fingerprint density at radius 1 is 1.10 bits per heavy atom. The number of nitrogens with zero attached hydrogens (tertiary/aromatic N) is 2. The monoisotopic (exact) mass is 504 g/mol. The molecule has 5 nitrogen and oxygen atoms in total.